The van der Waals surface area contributed by atoms with E-state index in [1.165, 1.54) is 0 Å². The van der Waals surface area contributed by atoms with Gasteiger partial charge in [0.05, 0.1) is 0 Å². The highest BCUT2D eigenvalue weighted by atomic mass is 31.2. The molecule has 2 nitrogen and oxygen atoms in total. The zero-order chi connectivity index (χ0) is 19.5. The molecule has 1 N–H and O–H groups in total. The molecule has 0 heterocycles. The van der Waals surface area contributed by atoms with Crippen LogP contribution in [0.15, 0.2) is 0 Å². The Balaban J connectivity index is 6.44. The average Bonchev–Trinajstić information content (AvgIpc) is 2.24. The molecule has 17 heteroatoms. The minimum atomic E-state index is -9.14. The van der Waals surface area contributed by atoms with Crippen molar-refractivity contribution in [3.8, 4) is 0 Å². The van der Waals surface area contributed by atoms with E-state index in [0.717, 1.165) is 0 Å². The molecular weight excluding hydrogens is 401 g/mol. The van der Waals surface area contributed by atoms with Gasteiger partial charge in [-0.1, -0.05) is 0 Å². The molecule has 0 aromatic rings. The van der Waals surface area contributed by atoms with Crippen molar-refractivity contribution >= 4 is 7.37 Å². The summed E-state index contributed by atoms with van der Waals surface area (Å²) in [6, 6.07) is 0. The van der Waals surface area contributed by atoms with Gasteiger partial charge in [0.15, 0.2) is 0 Å². The summed E-state index contributed by atoms with van der Waals surface area (Å²) >= 11 is 0. The van der Waals surface area contributed by atoms with Crippen LogP contribution in [0.4, 0.5) is 61.5 Å². The Hall–Kier alpha value is -0.790. The first kappa shape index (κ1) is 22.2. The summed E-state index contributed by atoms with van der Waals surface area (Å²) in [6.45, 7) is 0. The predicted molar refractivity (Wildman–Crippen MR) is 41.7 cm³/mol. The third-order valence-electron chi connectivity index (χ3n) is 2.23. The van der Waals surface area contributed by atoms with Crippen LogP contribution in [0.5, 0.6) is 0 Å². The van der Waals surface area contributed by atoms with Gasteiger partial charge >= 0.3 is 42.9 Å². The Kier molecular flexibility index (Phi) is 4.93. The van der Waals surface area contributed by atoms with Gasteiger partial charge in [-0.2, -0.15) is 61.5 Å². The molecule has 0 aliphatic rings. The molecule has 0 unspecified atom stereocenters. The van der Waals surface area contributed by atoms with Crippen LogP contribution >= 0.6 is 7.37 Å². The quantitative estimate of drug-likeness (QED) is 0.540. The monoisotopic (exact) mass is 402 g/mol. The lowest BCUT2D eigenvalue weighted by Gasteiger charge is -2.37. The van der Waals surface area contributed by atoms with Gasteiger partial charge in [0.25, 0.3) is 0 Å². The lowest BCUT2D eigenvalue weighted by atomic mass is 10.3. The Bertz CT molecular complexity index is 458. The maximum Gasteiger partial charge on any atom is 0.460 e. The fraction of sp³-hybridized carbons (Fsp3) is 1.00. The number of hydrogen-bond donors (Lipinski definition) is 1. The molecule has 0 spiro atoms. The first-order chi connectivity index (χ1) is 9.50. The predicted octanol–water partition coefficient (Wildman–Crippen LogP) is 4.84. The second kappa shape index (κ2) is 5.10. The summed E-state index contributed by atoms with van der Waals surface area (Å²) in [5, 5.41) is 0. The zero-order valence-electron chi connectivity index (χ0n) is 9.59. The minimum Gasteiger partial charge on any atom is -0.336 e. The van der Waals surface area contributed by atoms with E-state index in [9.17, 15) is 66.0 Å². The smallest absolute Gasteiger partial charge is 0.336 e. The molecule has 0 bridgehead atoms. The molecule has 140 valence electrons. The summed E-state index contributed by atoms with van der Waals surface area (Å²) in [5.74, 6) is -15.6. The summed E-state index contributed by atoms with van der Waals surface area (Å²) in [4.78, 5) is 8.06. The van der Waals surface area contributed by atoms with Crippen LogP contribution in [0, 0.1) is 0 Å². The number of hydrogen-bond acceptors (Lipinski definition) is 1. The van der Waals surface area contributed by atoms with E-state index in [0.29, 0.717) is 0 Å². The molecule has 0 aliphatic carbocycles. The van der Waals surface area contributed by atoms with Crippen molar-refractivity contribution in [3.63, 3.8) is 0 Å². The fourth-order valence-corrected chi connectivity index (χ4v) is 2.27. The molecule has 0 saturated carbocycles. The van der Waals surface area contributed by atoms with E-state index < -0.39 is 42.9 Å². The summed E-state index contributed by atoms with van der Waals surface area (Å²) in [7, 11) is -9.14. The molecule has 0 amide bonds. The first-order valence-corrected chi connectivity index (χ1v) is 6.14. The van der Waals surface area contributed by atoms with Crippen molar-refractivity contribution < 1.29 is 70.9 Å². The second-order valence-corrected chi connectivity index (χ2v) is 6.08. The standard InChI is InChI=1S/C6HF14O2P/c7-1(8,3(11,12)13)5(17,18)23(21,22)6(19,20)2(9,10)4(14,15)16/h(H,21,22). The number of alkyl halides is 14. The van der Waals surface area contributed by atoms with Crippen molar-refractivity contribution in [2.24, 2.45) is 0 Å². The Morgan fingerprint density at radius 3 is 0.826 bits per heavy atom. The molecule has 23 heavy (non-hydrogen) atoms. The highest BCUT2D eigenvalue weighted by Crippen LogP contribution is 2.77. The van der Waals surface area contributed by atoms with Crippen LogP contribution in [-0.2, 0) is 4.57 Å². The molecule has 0 rings (SSSR count). The Labute approximate surface area is 115 Å². The van der Waals surface area contributed by atoms with Crippen molar-refractivity contribution in [1.82, 2.24) is 0 Å². The lowest BCUT2D eigenvalue weighted by molar-refractivity contribution is -0.348. The average molecular weight is 402 g/mol. The van der Waals surface area contributed by atoms with Crippen molar-refractivity contribution in [2.75, 3.05) is 0 Å². The van der Waals surface area contributed by atoms with Crippen LogP contribution in [0.2, 0.25) is 0 Å². The highest BCUT2D eigenvalue weighted by molar-refractivity contribution is 7.60. The van der Waals surface area contributed by atoms with Crippen LogP contribution in [-0.4, -0.2) is 40.4 Å². The van der Waals surface area contributed by atoms with Crippen molar-refractivity contribution in [2.45, 2.75) is 35.5 Å². The van der Waals surface area contributed by atoms with Crippen LogP contribution < -0.4 is 0 Å². The Morgan fingerprint density at radius 2 is 0.696 bits per heavy atom. The highest BCUT2D eigenvalue weighted by Gasteiger charge is 2.90. The second-order valence-electron chi connectivity index (χ2n) is 3.80. The van der Waals surface area contributed by atoms with Crippen LogP contribution in [0.3, 0.4) is 0 Å². The summed E-state index contributed by atoms with van der Waals surface area (Å²) in [5.41, 5.74) is -15.8. The van der Waals surface area contributed by atoms with Crippen molar-refractivity contribution in [3.05, 3.63) is 0 Å². The van der Waals surface area contributed by atoms with Crippen LogP contribution in [0.1, 0.15) is 0 Å². The SMILES string of the molecule is O=P(O)(C(F)(F)C(F)(F)C(F)(F)F)C(F)(F)C(F)(F)C(F)(F)F. The van der Waals surface area contributed by atoms with Gasteiger partial charge in [0, 0.05) is 0 Å². The van der Waals surface area contributed by atoms with E-state index in [1.54, 1.807) is 0 Å². The van der Waals surface area contributed by atoms with Crippen molar-refractivity contribution in [1.29, 1.82) is 0 Å². The van der Waals surface area contributed by atoms with Gasteiger partial charge in [0.1, 0.15) is 0 Å². The lowest BCUT2D eigenvalue weighted by Crippen LogP contribution is -2.59. The summed E-state index contributed by atoms with van der Waals surface area (Å²) < 4.78 is 181. The van der Waals surface area contributed by atoms with Gasteiger partial charge in [-0.3, -0.25) is 4.57 Å². The van der Waals surface area contributed by atoms with Crippen LogP contribution in [0.25, 0.3) is 0 Å². The molecule has 0 aromatic carbocycles. The van der Waals surface area contributed by atoms with Gasteiger partial charge in [-0.25, -0.2) is 0 Å². The number of rotatable bonds is 4. The van der Waals surface area contributed by atoms with E-state index in [-0.39, 0.29) is 0 Å². The molecule has 0 atom stereocenters. The maximum absolute atomic E-state index is 12.7. The topological polar surface area (TPSA) is 37.3 Å². The molecule has 0 radical (unpaired) electrons. The molecule has 0 aliphatic heterocycles. The van der Waals surface area contributed by atoms with Gasteiger partial charge in [0.2, 0.25) is 0 Å². The van der Waals surface area contributed by atoms with E-state index >= 15 is 0 Å². The van der Waals surface area contributed by atoms with E-state index in [1.807, 2.05) is 0 Å². The number of halogens is 14. The van der Waals surface area contributed by atoms with E-state index in [4.69, 9.17) is 4.89 Å². The first-order valence-electron chi connectivity index (χ1n) is 4.48. The third kappa shape index (κ3) is 2.76. The molecule has 0 saturated heterocycles. The van der Waals surface area contributed by atoms with E-state index in [2.05, 4.69) is 0 Å². The normalized spacial score (nSPS) is 16.7. The Morgan fingerprint density at radius 1 is 0.522 bits per heavy atom. The zero-order valence-corrected chi connectivity index (χ0v) is 10.5. The maximum atomic E-state index is 12.7. The van der Waals surface area contributed by atoms with Gasteiger partial charge in [-0.05, 0) is 0 Å². The largest absolute Gasteiger partial charge is 0.460 e. The fourth-order valence-electron chi connectivity index (χ4n) is 0.898. The molecule has 0 aromatic heterocycles. The van der Waals surface area contributed by atoms with Gasteiger partial charge < -0.3 is 4.89 Å². The minimum absolute atomic E-state index is 7.52. The third-order valence-corrected chi connectivity index (χ3v) is 4.31. The molecular formula is C6HF14O2P. The molecule has 0 fully saturated rings. The summed E-state index contributed by atoms with van der Waals surface area (Å²) in [6.07, 6.45) is -15.0. The van der Waals surface area contributed by atoms with Gasteiger partial charge in [-0.15, -0.1) is 0 Å².